The second-order valence-corrected chi connectivity index (χ2v) is 7.97. The van der Waals surface area contributed by atoms with Crippen LogP contribution in [0.15, 0.2) is 48.7 Å². The quantitative estimate of drug-likeness (QED) is 0.347. The third kappa shape index (κ3) is 4.86. The van der Waals surface area contributed by atoms with Gasteiger partial charge < -0.3 is 15.2 Å². The normalized spacial score (nSPS) is 14.7. The number of nitrogens with zero attached hydrogens (tertiary/aromatic N) is 3. The van der Waals surface area contributed by atoms with Crippen LogP contribution < -0.4 is 10.2 Å². The number of hydrogen-bond acceptors (Lipinski definition) is 5. The van der Waals surface area contributed by atoms with E-state index in [1.54, 1.807) is 12.3 Å². The van der Waals surface area contributed by atoms with Crippen molar-refractivity contribution in [2.45, 2.75) is 13.3 Å². The summed E-state index contributed by atoms with van der Waals surface area (Å²) in [5.74, 6) is -0.212. The molecule has 0 spiro atoms. The van der Waals surface area contributed by atoms with Gasteiger partial charge in [0, 0.05) is 67.6 Å². The lowest BCUT2D eigenvalue weighted by molar-refractivity contribution is -0.384. The largest absolute Gasteiger partial charge is 0.369 e. The zero-order valence-corrected chi connectivity index (χ0v) is 17.6. The average molecular weight is 422 g/mol. The molecule has 2 N–H and O–H groups in total. The molecule has 1 amide bonds. The Labute approximate surface area is 181 Å². The Bertz CT molecular complexity index is 1090. The van der Waals surface area contributed by atoms with E-state index in [9.17, 15) is 14.9 Å². The van der Waals surface area contributed by atoms with E-state index in [1.165, 1.54) is 23.4 Å². The van der Waals surface area contributed by atoms with E-state index < -0.39 is 4.92 Å². The van der Waals surface area contributed by atoms with Crippen molar-refractivity contribution in [2.24, 2.45) is 0 Å². The van der Waals surface area contributed by atoms with Crippen LogP contribution in [0, 0.1) is 17.0 Å². The minimum Gasteiger partial charge on any atom is -0.369 e. The van der Waals surface area contributed by atoms with Crippen LogP contribution in [0.2, 0.25) is 0 Å². The first-order valence-corrected chi connectivity index (χ1v) is 10.6. The van der Waals surface area contributed by atoms with Crippen molar-refractivity contribution in [3.8, 4) is 0 Å². The Morgan fingerprint density at radius 2 is 1.97 bits per heavy atom. The van der Waals surface area contributed by atoms with Crippen molar-refractivity contribution >= 4 is 28.2 Å². The van der Waals surface area contributed by atoms with Crippen LogP contribution in [0.5, 0.6) is 0 Å². The first kappa shape index (κ1) is 20.9. The summed E-state index contributed by atoms with van der Waals surface area (Å²) in [4.78, 5) is 31.0. The van der Waals surface area contributed by atoms with Gasteiger partial charge in [0.25, 0.3) is 11.6 Å². The number of H-pyrrole nitrogens is 1. The monoisotopic (exact) mass is 421 g/mol. The number of benzene rings is 2. The van der Waals surface area contributed by atoms with Crippen LogP contribution in [0.3, 0.4) is 0 Å². The number of aromatic amines is 1. The number of nitro benzene ring substituents is 1. The number of aromatic nitrogens is 1. The standard InChI is InChI=1S/C23H27N5O3/c1-17-4-2-5-18(14-17)27-12-10-26(11-13-27)9-3-8-24-23(29)21-16-25-22-7-6-19(28(30)31)15-20(21)22/h2,4-7,14-16,25H,3,8-13H2,1H3,(H,24,29). The molecule has 3 aromatic rings. The van der Waals surface area contributed by atoms with Crippen LogP contribution in [0.4, 0.5) is 11.4 Å². The Morgan fingerprint density at radius 1 is 1.16 bits per heavy atom. The molecule has 2 heterocycles. The maximum absolute atomic E-state index is 12.6. The van der Waals surface area contributed by atoms with Gasteiger partial charge in [0.15, 0.2) is 0 Å². The third-order valence-electron chi connectivity index (χ3n) is 5.80. The zero-order valence-electron chi connectivity index (χ0n) is 17.6. The molecule has 0 aliphatic carbocycles. The van der Waals surface area contributed by atoms with Crippen LogP contribution in [0.25, 0.3) is 10.9 Å². The molecule has 2 aromatic carbocycles. The summed E-state index contributed by atoms with van der Waals surface area (Å²) >= 11 is 0. The highest BCUT2D eigenvalue weighted by Crippen LogP contribution is 2.23. The van der Waals surface area contributed by atoms with Crippen molar-refractivity contribution in [3.63, 3.8) is 0 Å². The molecule has 1 saturated heterocycles. The highest BCUT2D eigenvalue weighted by molar-refractivity contribution is 6.07. The summed E-state index contributed by atoms with van der Waals surface area (Å²) in [5, 5.41) is 14.5. The number of carbonyl (C=O) groups excluding carboxylic acids is 1. The minimum absolute atomic E-state index is 0.0223. The predicted octanol–water partition coefficient (Wildman–Crippen LogP) is 3.33. The lowest BCUT2D eigenvalue weighted by atomic mass is 10.1. The van der Waals surface area contributed by atoms with Gasteiger partial charge in [-0.1, -0.05) is 12.1 Å². The molecule has 8 nitrogen and oxygen atoms in total. The van der Waals surface area contributed by atoms with Crippen molar-refractivity contribution in [3.05, 3.63) is 69.9 Å². The molecular formula is C23H27N5O3. The van der Waals surface area contributed by atoms with Gasteiger partial charge in [-0.25, -0.2) is 0 Å². The third-order valence-corrected chi connectivity index (χ3v) is 5.80. The number of rotatable bonds is 7. The molecule has 1 aromatic heterocycles. The first-order chi connectivity index (χ1) is 15.0. The van der Waals surface area contributed by atoms with Crippen LogP contribution in [-0.2, 0) is 0 Å². The van der Waals surface area contributed by atoms with Gasteiger partial charge in [0.05, 0.1) is 10.5 Å². The number of aryl methyl sites for hydroxylation is 1. The fourth-order valence-corrected chi connectivity index (χ4v) is 4.06. The number of fused-ring (bicyclic) bond motifs is 1. The van der Waals surface area contributed by atoms with Gasteiger partial charge in [0.1, 0.15) is 0 Å². The number of nitro groups is 1. The molecule has 4 rings (SSSR count). The summed E-state index contributed by atoms with van der Waals surface area (Å²) in [6.07, 6.45) is 2.47. The minimum atomic E-state index is -0.452. The second kappa shape index (κ2) is 9.18. The van der Waals surface area contributed by atoms with Crippen molar-refractivity contribution < 1.29 is 9.72 Å². The number of anilines is 1. The van der Waals surface area contributed by atoms with E-state index in [2.05, 4.69) is 51.3 Å². The Balaban J connectivity index is 1.23. The van der Waals surface area contributed by atoms with E-state index in [1.807, 2.05) is 0 Å². The molecule has 1 fully saturated rings. The Morgan fingerprint density at radius 3 is 2.71 bits per heavy atom. The molecule has 31 heavy (non-hydrogen) atoms. The molecule has 0 unspecified atom stereocenters. The average Bonchev–Trinajstić information content (AvgIpc) is 3.20. The van der Waals surface area contributed by atoms with Crippen molar-refractivity contribution in [1.82, 2.24) is 15.2 Å². The molecule has 0 saturated carbocycles. The van der Waals surface area contributed by atoms with Gasteiger partial charge >= 0.3 is 0 Å². The fraction of sp³-hybridized carbons (Fsp3) is 0.348. The van der Waals surface area contributed by atoms with Crippen molar-refractivity contribution in [1.29, 1.82) is 0 Å². The maximum Gasteiger partial charge on any atom is 0.270 e. The summed E-state index contributed by atoms with van der Waals surface area (Å²) in [7, 11) is 0. The Kier molecular flexibility index (Phi) is 6.18. The number of non-ortho nitro benzene ring substituents is 1. The first-order valence-electron chi connectivity index (χ1n) is 10.6. The lowest BCUT2D eigenvalue weighted by Gasteiger charge is -2.36. The summed E-state index contributed by atoms with van der Waals surface area (Å²) < 4.78 is 0. The number of carbonyl (C=O) groups is 1. The van der Waals surface area contributed by atoms with Gasteiger partial charge in [-0.3, -0.25) is 19.8 Å². The van der Waals surface area contributed by atoms with Crippen LogP contribution >= 0.6 is 0 Å². The number of piperazine rings is 1. The van der Waals surface area contributed by atoms with E-state index in [-0.39, 0.29) is 11.6 Å². The molecule has 1 aliphatic rings. The molecule has 0 bridgehead atoms. The summed E-state index contributed by atoms with van der Waals surface area (Å²) in [6, 6.07) is 13.1. The molecule has 1 aliphatic heterocycles. The summed E-state index contributed by atoms with van der Waals surface area (Å²) in [5.41, 5.74) is 3.69. The molecule has 8 heteroatoms. The van der Waals surface area contributed by atoms with Crippen LogP contribution in [-0.4, -0.2) is 60.0 Å². The second-order valence-electron chi connectivity index (χ2n) is 7.97. The smallest absolute Gasteiger partial charge is 0.270 e. The number of hydrogen-bond donors (Lipinski definition) is 2. The van der Waals surface area contributed by atoms with Gasteiger partial charge in [0.2, 0.25) is 0 Å². The lowest BCUT2D eigenvalue weighted by Crippen LogP contribution is -2.47. The number of amides is 1. The SMILES string of the molecule is Cc1cccc(N2CCN(CCCNC(=O)c3c[nH]c4ccc([N+](=O)[O-])cc34)CC2)c1. The van der Waals surface area contributed by atoms with E-state index in [0.29, 0.717) is 23.0 Å². The molecular weight excluding hydrogens is 394 g/mol. The van der Waals surface area contributed by atoms with E-state index in [4.69, 9.17) is 0 Å². The highest BCUT2D eigenvalue weighted by atomic mass is 16.6. The predicted molar refractivity (Wildman–Crippen MR) is 122 cm³/mol. The topological polar surface area (TPSA) is 94.5 Å². The van der Waals surface area contributed by atoms with Gasteiger partial charge in [-0.05, 0) is 43.7 Å². The zero-order chi connectivity index (χ0) is 21.8. The van der Waals surface area contributed by atoms with E-state index >= 15 is 0 Å². The Hall–Kier alpha value is -3.39. The fourth-order valence-electron chi connectivity index (χ4n) is 4.06. The number of nitrogens with one attached hydrogen (secondary N) is 2. The van der Waals surface area contributed by atoms with Gasteiger partial charge in [-0.15, -0.1) is 0 Å². The molecule has 0 atom stereocenters. The molecule has 162 valence electrons. The van der Waals surface area contributed by atoms with Crippen LogP contribution in [0.1, 0.15) is 22.3 Å². The highest BCUT2D eigenvalue weighted by Gasteiger charge is 2.18. The summed E-state index contributed by atoms with van der Waals surface area (Å²) in [6.45, 7) is 7.64. The molecule has 0 radical (unpaired) electrons. The van der Waals surface area contributed by atoms with E-state index in [0.717, 1.165) is 39.1 Å². The van der Waals surface area contributed by atoms with Crippen molar-refractivity contribution in [2.75, 3.05) is 44.2 Å². The van der Waals surface area contributed by atoms with Gasteiger partial charge in [-0.2, -0.15) is 0 Å². The maximum atomic E-state index is 12.6.